The van der Waals surface area contributed by atoms with Crippen molar-refractivity contribution < 1.29 is 40.7 Å². The van der Waals surface area contributed by atoms with Gasteiger partial charge in [0.05, 0.1) is 5.71 Å². The zero-order chi connectivity index (χ0) is 20.6. The van der Waals surface area contributed by atoms with E-state index in [2.05, 4.69) is 9.89 Å². The highest BCUT2D eigenvalue weighted by atomic mass is 19.4. The largest absolute Gasteiger partial charge is 0.573 e. The van der Waals surface area contributed by atoms with Gasteiger partial charge >= 0.3 is 12.5 Å². The normalized spacial score (nSPS) is 19.7. The molecule has 0 amide bonds. The predicted molar refractivity (Wildman–Crippen MR) is 84.9 cm³/mol. The van der Waals surface area contributed by atoms with Gasteiger partial charge in [-0.2, -0.15) is 13.2 Å². The quantitative estimate of drug-likeness (QED) is 0.535. The van der Waals surface area contributed by atoms with Crippen molar-refractivity contribution in [2.75, 3.05) is 0 Å². The van der Waals surface area contributed by atoms with Crippen LogP contribution in [-0.2, 0) is 10.4 Å². The Kier molecular flexibility index (Phi) is 4.82. The molecule has 2 aromatic carbocycles. The molecule has 0 fully saturated rings. The van der Waals surface area contributed by atoms with E-state index in [4.69, 9.17) is 4.84 Å². The smallest absolute Gasteiger partial charge is 0.406 e. The molecule has 0 radical (unpaired) electrons. The predicted octanol–water partition coefficient (Wildman–Crippen LogP) is 4.98. The van der Waals surface area contributed by atoms with Crippen molar-refractivity contribution in [1.29, 1.82) is 0 Å². The van der Waals surface area contributed by atoms with Gasteiger partial charge < -0.3 is 9.57 Å². The van der Waals surface area contributed by atoms with Crippen LogP contribution in [0, 0.1) is 0 Å². The summed E-state index contributed by atoms with van der Waals surface area (Å²) in [5.74, 6) is -0.655. The highest BCUT2D eigenvalue weighted by Gasteiger charge is 2.62. The monoisotopic (exact) mass is 403 g/mol. The molecule has 1 aliphatic heterocycles. The number of ether oxygens (including phenoxy) is 1. The standard InChI is InChI=1S/C18H11F6NO3/c19-17(20,21)16(13-5-7-14(8-6-13)27-18(22,23)24)9-15(25-28-16)12-3-1-11(10-26)2-4-12/h1-8,10H,9H2. The van der Waals surface area contributed by atoms with Crippen LogP contribution in [0.1, 0.15) is 27.9 Å². The Bertz CT molecular complexity index is 888. The van der Waals surface area contributed by atoms with E-state index in [1.807, 2.05) is 0 Å². The number of hydrogen-bond donors (Lipinski definition) is 0. The SMILES string of the molecule is O=Cc1ccc(C2=NOC(c3ccc(OC(F)(F)F)cc3)(C(F)(F)F)C2)cc1. The topological polar surface area (TPSA) is 47.9 Å². The lowest BCUT2D eigenvalue weighted by Gasteiger charge is -2.29. The van der Waals surface area contributed by atoms with Crippen molar-refractivity contribution in [2.45, 2.75) is 24.6 Å². The first-order valence-corrected chi connectivity index (χ1v) is 7.78. The number of hydrogen-bond acceptors (Lipinski definition) is 4. The molecular weight excluding hydrogens is 392 g/mol. The average molecular weight is 403 g/mol. The first-order valence-electron chi connectivity index (χ1n) is 7.78. The van der Waals surface area contributed by atoms with E-state index in [0.717, 1.165) is 24.3 Å². The summed E-state index contributed by atoms with van der Waals surface area (Å²) in [7, 11) is 0. The molecule has 0 aliphatic carbocycles. The summed E-state index contributed by atoms with van der Waals surface area (Å²) in [6.45, 7) is 0. The molecule has 0 spiro atoms. The first-order chi connectivity index (χ1) is 13.0. The number of rotatable bonds is 4. The van der Waals surface area contributed by atoms with Crippen molar-refractivity contribution in [1.82, 2.24) is 0 Å². The molecule has 3 rings (SSSR count). The van der Waals surface area contributed by atoms with Crippen LogP contribution in [0.4, 0.5) is 26.3 Å². The van der Waals surface area contributed by atoms with Crippen molar-refractivity contribution in [2.24, 2.45) is 5.16 Å². The zero-order valence-electron chi connectivity index (χ0n) is 13.8. The second-order valence-corrected chi connectivity index (χ2v) is 5.94. The number of carbonyl (C=O) groups is 1. The van der Waals surface area contributed by atoms with Crippen LogP contribution >= 0.6 is 0 Å². The van der Waals surface area contributed by atoms with Crippen molar-refractivity contribution in [3.05, 3.63) is 65.2 Å². The summed E-state index contributed by atoms with van der Waals surface area (Å²) in [5.41, 5.74) is -2.61. The third kappa shape index (κ3) is 3.80. The van der Waals surface area contributed by atoms with Gasteiger partial charge in [-0.1, -0.05) is 41.6 Å². The Morgan fingerprint density at radius 3 is 2.07 bits per heavy atom. The molecule has 1 unspecified atom stereocenters. The molecule has 4 nitrogen and oxygen atoms in total. The fraction of sp³-hybridized carbons (Fsp3) is 0.222. The maximum atomic E-state index is 13.8. The summed E-state index contributed by atoms with van der Waals surface area (Å²) < 4.78 is 81.8. The Hall–Kier alpha value is -3.04. The molecule has 28 heavy (non-hydrogen) atoms. The Balaban J connectivity index is 1.90. The molecule has 0 saturated heterocycles. The minimum atomic E-state index is -4.96. The van der Waals surface area contributed by atoms with E-state index < -0.39 is 35.9 Å². The molecule has 0 saturated carbocycles. The highest BCUT2D eigenvalue weighted by molar-refractivity contribution is 6.02. The number of alkyl halides is 6. The molecule has 148 valence electrons. The molecule has 1 heterocycles. The van der Waals surface area contributed by atoms with E-state index >= 15 is 0 Å². The van der Waals surface area contributed by atoms with Gasteiger partial charge in [0.2, 0.25) is 0 Å². The van der Waals surface area contributed by atoms with Crippen molar-refractivity contribution in [3.8, 4) is 5.75 Å². The van der Waals surface area contributed by atoms with Gasteiger partial charge in [-0.3, -0.25) is 4.79 Å². The van der Waals surface area contributed by atoms with Gasteiger partial charge in [-0.05, 0) is 17.7 Å². The van der Waals surface area contributed by atoms with Crippen LogP contribution in [0.25, 0.3) is 0 Å². The average Bonchev–Trinajstić information content (AvgIpc) is 3.08. The maximum absolute atomic E-state index is 13.8. The summed E-state index contributed by atoms with van der Waals surface area (Å²) in [6.07, 6.45) is -9.96. The minimum Gasteiger partial charge on any atom is -0.406 e. The third-order valence-corrected chi connectivity index (χ3v) is 4.12. The molecule has 0 aromatic heterocycles. The molecule has 2 aromatic rings. The zero-order valence-corrected chi connectivity index (χ0v) is 13.8. The lowest BCUT2D eigenvalue weighted by atomic mass is 9.86. The fourth-order valence-corrected chi connectivity index (χ4v) is 2.74. The van der Waals surface area contributed by atoms with Crippen LogP contribution in [0.3, 0.4) is 0 Å². The van der Waals surface area contributed by atoms with E-state index in [0.29, 0.717) is 17.4 Å². The molecular formula is C18H11F6NO3. The number of benzene rings is 2. The van der Waals surface area contributed by atoms with E-state index in [-0.39, 0.29) is 5.71 Å². The third-order valence-electron chi connectivity index (χ3n) is 4.12. The van der Waals surface area contributed by atoms with Crippen LogP contribution < -0.4 is 4.74 Å². The van der Waals surface area contributed by atoms with Crippen molar-refractivity contribution >= 4 is 12.0 Å². The highest BCUT2D eigenvalue weighted by Crippen LogP contribution is 2.49. The van der Waals surface area contributed by atoms with Crippen molar-refractivity contribution in [3.63, 3.8) is 0 Å². The van der Waals surface area contributed by atoms with Crippen LogP contribution in [-0.4, -0.2) is 24.5 Å². The van der Waals surface area contributed by atoms with E-state index in [1.54, 1.807) is 0 Å². The van der Waals surface area contributed by atoms with Crippen LogP contribution in [0.2, 0.25) is 0 Å². The fourth-order valence-electron chi connectivity index (χ4n) is 2.74. The number of nitrogens with zero attached hydrogens (tertiary/aromatic N) is 1. The summed E-state index contributed by atoms with van der Waals surface area (Å²) in [6, 6.07) is 8.94. The van der Waals surface area contributed by atoms with Gasteiger partial charge in [0, 0.05) is 17.5 Å². The molecule has 10 heteroatoms. The van der Waals surface area contributed by atoms with E-state index in [9.17, 15) is 31.1 Å². The maximum Gasteiger partial charge on any atom is 0.573 e. The first kappa shape index (κ1) is 19.7. The van der Waals surface area contributed by atoms with Gasteiger partial charge in [-0.15, -0.1) is 13.2 Å². The Morgan fingerprint density at radius 2 is 1.57 bits per heavy atom. The number of oxime groups is 1. The Morgan fingerprint density at radius 1 is 0.964 bits per heavy atom. The lowest BCUT2D eigenvalue weighted by molar-refractivity contribution is -0.277. The van der Waals surface area contributed by atoms with Gasteiger partial charge in [-0.25, -0.2) is 0 Å². The minimum absolute atomic E-state index is 0.00890. The van der Waals surface area contributed by atoms with Gasteiger partial charge in [0.1, 0.15) is 12.0 Å². The number of carbonyl (C=O) groups excluding carboxylic acids is 1. The molecule has 0 N–H and O–H groups in total. The molecule has 0 bridgehead atoms. The second-order valence-electron chi connectivity index (χ2n) is 5.94. The molecule has 1 aliphatic rings. The van der Waals surface area contributed by atoms with Crippen LogP contribution in [0.15, 0.2) is 53.7 Å². The van der Waals surface area contributed by atoms with E-state index in [1.165, 1.54) is 24.3 Å². The lowest BCUT2D eigenvalue weighted by Crippen LogP contribution is -2.42. The van der Waals surface area contributed by atoms with Gasteiger partial charge in [0.15, 0.2) is 0 Å². The van der Waals surface area contributed by atoms with Crippen LogP contribution in [0.5, 0.6) is 5.75 Å². The Labute approximate surface area is 154 Å². The molecule has 1 atom stereocenters. The number of aldehydes is 1. The number of halogens is 6. The summed E-state index contributed by atoms with van der Waals surface area (Å²) in [4.78, 5) is 15.5. The second kappa shape index (κ2) is 6.84. The van der Waals surface area contributed by atoms with Gasteiger partial charge in [0.25, 0.3) is 5.60 Å². The summed E-state index contributed by atoms with van der Waals surface area (Å²) in [5, 5.41) is 3.54. The summed E-state index contributed by atoms with van der Waals surface area (Å²) >= 11 is 0.